The van der Waals surface area contributed by atoms with Crippen LogP contribution in [0.2, 0.25) is 12.1 Å². The SMILES string of the molecule is CCCCCCCCCCC[Si]CCCCCCCCCCC(=O)O. The molecule has 0 rings (SSSR count). The lowest BCUT2D eigenvalue weighted by molar-refractivity contribution is -0.137. The number of carbonyl (C=O) groups is 1. The van der Waals surface area contributed by atoms with Crippen LogP contribution in [-0.2, 0) is 4.79 Å². The highest BCUT2D eigenvalue weighted by molar-refractivity contribution is 6.35. The molecule has 0 bridgehead atoms. The van der Waals surface area contributed by atoms with Crippen molar-refractivity contribution in [1.29, 1.82) is 0 Å². The molecule has 0 fully saturated rings. The Balaban J connectivity index is 2.97. The van der Waals surface area contributed by atoms with Gasteiger partial charge < -0.3 is 5.11 Å². The number of unbranched alkanes of at least 4 members (excludes halogenated alkanes) is 15. The molecule has 3 heteroatoms. The molecule has 0 heterocycles. The Morgan fingerprint density at radius 3 is 1.36 bits per heavy atom. The van der Waals surface area contributed by atoms with Crippen molar-refractivity contribution in [1.82, 2.24) is 0 Å². The van der Waals surface area contributed by atoms with Gasteiger partial charge in [0, 0.05) is 15.9 Å². The van der Waals surface area contributed by atoms with Gasteiger partial charge in [0.25, 0.3) is 0 Å². The van der Waals surface area contributed by atoms with Crippen molar-refractivity contribution in [3.63, 3.8) is 0 Å². The smallest absolute Gasteiger partial charge is 0.303 e. The molecule has 25 heavy (non-hydrogen) atoms. The third-order valence-electron chi connectivity index (χ3n) is 4.95. The second kappa shape index (κ2) is 21.7. The zero-order valence-electron chi connectivity index (χ0n) is 17.0. The Bertz CT molecular complexity index is 269. The van der Waals surface area contributed by atoms with Crippen LogP contribution in [0, 0.1) is 0 Å². The number of hydrogen-bond acceptors (Lipinski definition) is 1. The first-order chi connectivity index (χ1) is 12.3. The third-order valence-corrected chi connectivity index (χ3v) is 6.37. The minimum Gasteiger partial charge on any atom is -0.481 e. The van der Waals surface area contributed by atoms with Gasteiger partial charge in [-0.2, -0.15) is 0 Å². The van der Waals surface area contributed by atoms with Gasteiger partial charge in [-0.25, -0.2) is 0 Å². The molecule has 0 unspecified atom stereocenters. The maximum atomic E-state index is 10.4. The summed E-state index contributed by atoms with van der Waals surface area (Å²) in [6, 6.07) is 2.93. The maximum absolute atomic E-state index is 10.4. The average molecular weight is 369 g/mol. The minimum absolute atomic E-state index is 0.347. The topological polar surface area (TPSA) is 37.3 Å². The standard InChI is InChI=1S/C22H44O2Si/c1-2-3-4-5-6-8-11-14-17-20-25-21-18-15-12-9-7-10-13-16-19-22(23)24/h2-21H2,1H3,(H,23,24). The van der Waals surface area contributed by atoms with Gasteiger partial charge in [0.05, 0.1) is 0 Å². The fourth-order valence-corrected chi connectivity index (χ4v) is 4.52. The van der Waals surface area contributed by atoms with Gasteiger partial charge >= 0.3 is 5.97 Å². The monoisotopic (exact) mass is 368 g/mol. The number of carboxylic acid groups (broad SMARTS) is 1. The molecule has 0 aromatic carbocycles. The van der Waals surface area contributed by atoms with Crippen molar-refractivity contribution < 1.29 is 9.90 Å². The summed E-state index contributed by atoms with van der Waals surface area (Å²) in [5, 5.41) is 8.57. The Hall–Kier alpha value is -0.313. The molecular formula is C22H44O2Si. The number of rotatable bonds is 21. The van der Waals surface area contributed by atoms with Crippen LogP contribution in [0.3, 0.4) is 0 Å². The van der Waals surface area contributed by atoms with E-state index in [1.807, 2.05) is 0 Å². The van der Waals surface area contributed by atoms with E-state index in [0.717, 1.165) is 12.8 Å². The van der Waals surface area contributed by atoms with Crippen LogP contribution in [0.25, 0.3) is 0 Å². The van der Waals surface area contributed by atoms with Gasteiger partial charge in [-0.05, 0) is 6.42 Å². The summed E-state index contributed by atoms with van der Waals surface area (Å²) in [4.78, 5) is 10.4. The van der Waals surface area contributed by atoms with Crippen molar-refractivity contribution in [2.75, 3.05) is 0 Å². The van der Waals surface area contributed by atoms with Gasteiger partial charge in [-0.1, -0.05) is 122 Å². The molecule has 2 nitrogen and oxygen atoms in total. The van der Waals surface area contributed by atoms with E-state index in [0.29, 0.717) is 6.42 Å². The molecule has 0 aliphatic rings. The normalized spacial score (nSPS) is 11.1. The molecule has 148 valence electrons. The first-order valence-corrected chi connectivity index (χ1v) is 12.6. The Kier molecular flexibility index (Phi) is 21.5. The van der Waals surface area contributed by atoms with E-state index < -0.39 is 5.97 Å². The fraction of sp³-hybridized carbons (Fsp3) is 0.955. The molecule has 0 aliphatic heterocycles. The van der Waals surface area contributed by atoms with Crippen LogP contribution in [0.15, 0.2) is 0 Å². The lowest BCUT2D eigenvalue weighted by Crippen LogP contribution is -1.93. The summed E-state index contributed by atoms with van der Waals surface area (Å²) >= 11 is 0. The highest BCUT2D eigenvalue weighted by Gasteiger charge is 1.97. The molecule has 0 spiro atoms. The van der Waals surface area contributed by atoms with E-state index in [1.54, 1.807) is 0 Å². The van der Waals surface area contributed by atoms with Crippen molar-refractivity contribution >= 4 is 15.5 Å². The quantitative estimate of drug-likeness (QED) is 0.167. The average Bonchev–Trinajstić information content (AvgIpc) is 2.60. The minimum atomic E-state index is -0.650. The van der Waals surface area contributed by atoms with E-state index >= 15 is 0 Å². The van der Waals surface area contributed by atoms with Crippen LogP contribution < -0.4 is 0 Å². The molecule has 0 saturated carbocycles. The summed E-state index contributed by atoms with van der Waals surface area (Å²) in [5.74, 6) is -0.650. The van der Waals surface area contributed by atoms with Crippen molar-refractivity contribution in [3.05, 3.63) is 0 Å². The zero-order valence-corrected chi connectivity index (χ0v) is 18.0. The van der Waals surface area contributed by atoms with E-state index in [2.05, 4.69) is 6.92 Å². The van der Waals surface area contributed by atoms with Gasteiger partial charge in [0.15, 0.2) is 0 Å². The van der Waals surface area contributed by atoms with E-state index in [4.69, 9.17) is 5.11 Å². The largest absolute Gasteiger partial charge is 0.481 e. The lowest BCUT2D eigenvalue weighted by atomic mass is 10.1. The Labute approximate surface area is 160 Å². The molecule has 0 amide bonds. The number of hydrogen-bond donors (Lipinski definition) is 1. The highest BCUT2D eigenvalue weighted by atomic mass is 28.2. The van der Waals surface area contributed by atoms with Gasteiger partial charge in [0.1, 0.15) is 0 Å². The summed E-state index contributed by atoms with van der Waals surface area (Å²) in [6.07, 6.45) is 23.3. The van der Waals surface area contributed by atoms with E-state index in [1.165, 1.54) is 118 Å². The summed E-state index contributed by atoms with van der Waals surface area (Å²) in [6.45, 7) is 2.29. The fourth-order valence-electron chi connectivity index (χ4n) is 3.27. The predicted molar refractivity (Wildman–Crippen MR) is 112 cm³/mol. The molecule has 0 atom stereocenters. The first-order valence-electron chi connectivity index (χ1n) is 11.2. The molecule has 2 radical (unpaired) electrons. The Morgan fingerprint density at radius 1 is 0.600 bits per heavy atom. The second-order valence-corrected chi connectivity index (χ2v) is 9.05. The van der Waals surface area contributed by atoms with Crippen LogP contribution in [0.4, 0.5) is 0 Å². The molecule has 0 aliphatic carbocycles. The lowest BCUT2D eigenvalue weighted by Gasteiger charge is -2.03. The summed E-state index contributed by atoms with van der Waals surface area (Å²) in [7, 11) is 1.20. The zero-order chi connectivity index (χ0) is 18.4. The van der Waals surface area contributed by atoms with Crippen LogP contribution in [0.1, 0.15) is 122 Å². The van der Waals surface area contributed by atoms with Crippen molar-refractivity contribution in [3.8, 4) is 0 Å². The van der Waals surface area contributed by atoms with Crippen LogP contribution in [0.5, 0.6) is 0 Å². The van der Waals surface area contributed by atoms with Crippen LogP contribution in [-0.4, -0.2) is 20.6 Å². The van der Waals surface area contributed by atoms with E-state index in [-0.39, 0.29) is 0 Å². The molecular weight excluding hydrogens is 324 g/mol. The van der Waals surface area contributed by atoms with E-state index in [9.17, 15) is 4.79 Å². The van der Waals surface area contributed by atoms with Crippen molar-refractivity contribution in [2.24, 2.45) is 0 Å². The number of carboxylic acids is 1. The summed E-state index contributed by atoms with van der Waals surface area (Å²) < 4.78 is 0. The van der Waals surface area contributed by atoms with Gasteiger partial charge in [-0.15, -0.1) is 0 Å². The predicted octanol–water partition coefficient (Wildman–Crippen LogP) is 7.65. The third kappa shape index (κ3) is 23.7. The summed E-state index contributed by atoms with van der Waals surface area (Å²) in [5.41, 5.74) is 0. The molecule has 0 aromatic rings. The Morgan fingerprint density at radius 2 is 0.960 bits per heavy atom. The van der Waals surface area contributed by atoms with Gasteiger partial charge in [-0.3, -0.25) is 4.79 Å². The van der Waals surface area contributed by atoms with Crippen molar-refractivity contribution in [2.45, 2.75) is 135 Å². The highest BCUT2D eigenvalue weighted by Crippen LogP contribution is 2.13. The maximum Gasteiger partial charge on any atom is 0.303 e. The molecule has 1 N–H and O–H groups in total. The first kappa shape index (κ1) is 24.7. The second-order valence-electron chi connectivity index (χ2n) is 7.55. The molecule has 0 aromatic heterocycles. The number of aliphatic carboxylic acids is 1. The van der Waals surface area contributed by atoms with Crippen LogP contribution >= 0.6 is 0 Å². The van der Waals surface area contributed by atoms with Gasteiger partial charge in [0.2, 0.25) is 0 Å². The molecule has 0 saturated heterocycles.